The molecule has 0 radical (unpaired) electrons. The van der Waals surface area contributed by atoms with Crippen molar-refractivity contribution >= 4 is 18.0 Å². The first-order chi connectivity index (χ1) is 22.4. The fourth-order valence-electron chi connectivity index (χ4n) is 6.78. The Balaban J connectivity index is 1.17. The minimum atomic E-state index is -1.08. The molecule has 236 valence electrons. The van der Waals surface area contributed by atoms with Crippen molar-refractivity contribution < 1.29 is 24.2 Å². The van der Waals surface area contributed by atoms with Crippen LogP contribution >= 0.6 is 0 Å². The first-order valence-electron chi connectivity index (χ1n) is 15.8. The Hall–Kier alpha value is -4.95. The third-order valence-corrected chi connectivity index (χ3v) is 9.16. The van der Waals surface area contributed by atoms with Gasteiger partial charge >= 0.3 is 12.1 Å². The molecular formula is C38H39N3O5. The van der Waals surface area contributed by atoms with Crippen LogP contribution in [0.4, 0.5) is 4.79 Å². The maximum absolute atomic E-state index is 13.8. The van der Waals surface area contributed by atoms with Crippen LogP contribution in [0, 0.1) is 0 Å². The van der Waals surface area contributed by atoms with Crippen molar-refractivity contribution in [1.82, 2.24) is 15.1 Å². The molecule has 1 saturated heterocycles. The van der Waals surface area contributed by atoms with E-state index in [1.807, 2.05) is 72.8 Å². The Kier molecular flexibility index (Phi) is 9.45. The highest BCUT2D eigenvalue weighted by Gasteiger charge is 2.40. The van der Waals surface area contributed by atoms with Gasteiger partial charge in [0.25, 0.3) is 0 Å². The van der Waals surface area contributed by atoms with E-state index in [1.165, 1.54) is 10.5 Å². The number of likely N-dealkylation sites (tertiary alicyclic amines) is 1. The molecule has 0 aromatic heterocycles. The molecule has 1 aliphatic heterocycles. The number of carbonyl (C=O) groups is 3. The number of amides is 2. The van der Waals surface area contributed by atoms with Crippen LogP contribution in [0.2, 0.25) is 0 Å². The summed E-state index contributed by atoms with van der Waals surface area (Å²) < 4.78 is 5.91. The number of nitrogens with one attached hydrogen (secondary N) is 1. The fraction of sp³-hybridized carbons (Fsp3) is 0.289. The van der Waals surface area contributed by atoms with Crippen molar-refractivity contribution in [3.05, 3.63) is 131 Å². The zero-order valence-corrected chi connectivity index (χ0v) is 25.8. The van der Waals surface area contributed by atoms with Crippen molar-refractivity contribution in [2.75, 3.05) is 26.2 Å². The zero-order valence-electron chi connectivity index (χ0n) is 25.8. The highest BCUT2D eigenvalue weighted by Crippen LogP contribution is 2.44. The van der Waals surface area contributed by atoms with E-state index in [0.29, 0.717) is 25.9 Å². The molecule has 4 aromatic rings. The summed E-state index contributed by atoms with van der Waals surface area (Å²) in [6, 6.07) is 35.9. The number of carboxylic acid groups (broad SMARTS) is 1. The Labute approximate surface area is 269 Å². The van der Waals surface area contributed by atoms with E-state index in [0.717, 1.165) is 34.4 Å². The van der Waals surface area contributed by atoms with Crippen LogP contribution < -0.4 is 5.32 Å². The molecule has 0 saturated carbocycles. The molecule has 0 spiro atoms. The third-order valence-electron chi connectivity index (χ3n) is 9.16. The lowest BCUT2D eigenvalue weighted by Crippen LogP contribution is -2.57. The van der Waals surface area contributed by atoms with Gasteiger partial charge in [-0.2, -0.15) is 0 Å². The summed E-state index contributed by atoms with van der Waals surface area (Å²) in [5, 5.41) is 12.7. The number of alkyl carbamates (subject to hydrolysis) is 1. The summed E-state index contributed by atoms with van der Waals surface area (Å²) in [6.45, 7) is 2.03. The van der Waals surface area contributed by atoms with Gasteiger partial charge in [-0.1, -0.05) is 109 Å². The van der Waals surface area contributed by atoms with E-state index >= 15 is 0 Å². The standard InChI is InChI=1S/C38H39N3O5/c42-35(41(26-36(43)44)25-29-13-5-2-6-14-29)23-38(19-21-40(22-20-38)24-28-11-3-1-4-12-28)39-37(45)46-27-34-32-17-9-7-15-30(32)31-16-8-10-18-33(31)34/h1-18,34H,19-27H2,(H,39,45)(H,43,44). The second-order valence-electron chi connectivity index (χ2n) is 12.3. The molecule has 1 fully saturated rings. The van der Waals surface area contributed by atoms with Gasteiger partial charge in [-0.3, -0.25) is 14.5 Å². The minimum Gasteiger partial charge on any atom is -0.480 e. The summed E-state index contributed by atoms with van der Waals surface area (Å²) >= 11 is 0. The summed E-state index contributed by atoms with van der Waals surface area (Å²) in [7, 11) is 0. The van der Waals surface area contributed by atoms with Crippen LogP contribution in [0.15, 0.2) is 109 Å². The van der Waals surface area contributed by atoms with E-state index in [9.17, 15) is 19.5 Å². The van der Waals surface area contributed by atoms with Gasteiger partial charge in [0.1, 0.15) is 13.2 Å². The number of fused-ring (bicyclic) bond motifs is 3. The average Bonchev–Trinajstić information content (AvgIpc) is 3.39. The molecule has 6 rings (SSSR count). The molecule has 1 aliphatic carbocycles. The lowest BCUT2D eigenvalue weighted by molar-refractivity contribution is -0.145. The molecule has 0 bridgehead atoms. The number of benzene rings is 4. The van der Waals surface area contributed by atoms with E-state index in [-0.39, 0.29) is 31.4 Å². The fourth-order valence-corrected chi connectivity index (χ4v) is 6.78. The number of hydrogen-bond donors (Lipinski definition) is 2. The molecule has 2 amide bonds. The quantitative estimate of drug-likeness (QED) is 0.212. The Morgan fingerprint density at radius 1 is 0.783 bits per heavy atom. The van der Waals surface area contributed by atoms with Crippen LogP contribution in [0.25, 0.3) is 11.1 Å². The summed E-state index contributed by atoms with van der Waals surface area (Å²) in [5.74, 6) is -1.48. The smallest absolute Gasteiger partial charge is 0.407 e. The number of rotatable bonds is 11. The third kappa shape index (κ3) is 7.29. The lowest BCUT2D eigenvalue weighted by Gasteiger charge is -2.42. The number of carboxylic acids is 1. The van der Waals surface area contributed by atoms with Crippen LogP contribution in [-0.2, 0) is 27.4 Å². The van der Waals surface area contributed by atoms with E-state index in [4.69, 9.17) is 4.74 Å². The van der Waals surface area contributed by atoms with Gasteiger partial charge in [0.05, 0.1) is 12.0 Å². The van der Waals surface area contributed by atoms with Gasteiger partial charge in [-0.05, 0) is 46.2 Å². The van der Waals surface area contributed by atoms with Crippen molar-refractivity contribution in [3.8, 4) is 11.1 Å². The maximum Gasteiger partial charge on any atom is 0.407 e. The number of hydrogen-bond acceptors (Lipinski definition) is 5. The first kappa shape index (κ1) is 31.0. The van der Waals surface area contributed by atoms with E-state index in [1.54, 1.807) is 0 Å². The molecule has 1 heterocycles. The number of carbonyl (C=O) groups excluding carboxylic acids is 2. The van der Waals surface area contributed by atoms with E-state index in [2.05, 4.69) is 46.6 Å². The number of aliphatic carboxylic acids is 1. The normalized spacial score (nSPS) is 15.4. The number of piperidine rings is 1. The highest BCUT2D eigenvalue weighted by atomic mass is 16.5. The first-order valence-corrected chi connectivity index (χ1v) is 15.8. The molecule has 2 N–H and O–H groups in total. The largest absolute Gasteiger partial charge is 0.480 e. The topological polar surface area (TPSA) is 99.2 Å². The van der Waals surface area contributed by atoms with Crippen molar-refractivity contribution in [2.45, 2.75) is 43.8 Å². The monoisotopic (exact) mass is 617 g/mol. The summed E-state index contributed by atoms with van der Waals surface area (Å²) in [4.78, 5) is 42.8. The van der Waals surface area contributed by atoms with Gasteiger partial charge < -0.3 is 20.1 Å². The van der Waals surface area contributed by atoms with Crippen LogP contribution in [0.3, 0.4) is 0 Å². The van der Waals surface area contributed by atoms with Crippen LogP contribution in [-0.4, -0.2) is 64.7 Å². The highest BCUT2D eigenvalue weighted by molar-refractivity contribution is 5.83. The van der Waals surface area contributed by atoms with Gasteiger partial charge in [0, 0.05) is 32.1 Å². The summed E-state index contributed by atoms with van der Waals surface area (Å²) in [6.07, 6.45) is 0.472. The maximum atomic E-state index is 13.8. The van der Waals surface area contributed by atoms with Crippen LogP contribution in [0.5, 0.6) is 0 Å². The van der Waals surface area contributed by atoms with Gasteiger partial charge in [-0.15, -0.1) is 0 Å². The number of nitrogens with zero attached hydrogens (tertiary/aromatic N) is 2. The van der Waals surface area contributed by atoms with Gasteiger partial charge in [0.2, 0.25) is 5.91 Å². The number of ether oxygens (including phenoxy) is 1. The predicted molar refractivity (Wildman–Crippen MR) is 176 cm³/mol. The summed E-state index contributed by atoms with van der Waals surface area (Å²) in [5.41, 5.74) is 5.72. The average molecular weight is 618 g/mol. The molecule has 8 nitrogen and oxygen atoms in total. The SMILES string of the molecule is O=C(O)CN(Cc1ccccc1)C(=O)CC1(NC(=O)OCC2c3ccccc3-c3ccccc32)CCN(Cc2ccccc2)CC1. The molecule has 46 heavy (non-hydrogen) atoms. The molecule has 2 aliphatic rings. The van der Waals surface area contributed by atoms with Crippen molar-refractivity contribution in [2.24, 2.45) is 0 Å². The van der Waals surface area contributed by atoms with Crippen molar-refractivity contribution in [1.29, 1.82) is 0 Å². The molecule has 8 heteroatoms. The molecule has 0 unspecified atom stereocenters. The lowest BCUT2D eigenvalue weighted by atomic mass is 9.83. The second kappa shape index (κ2) is 14.0. The zero-order chi connectivity index (χ0) is 31.9. The Bertz CT molecular complexity index is 1620. The Morgan fingerprint density at radius 2 is 1.33 bits per heavy atom. The molecule has 0 atom stereocenters. The van der Waals surface area contributed by atoms with E-state index < -0.39 is 24.1 Å². The second-order valence-corrected chi connectivity index (χ2v) is 12.3. The predicted octanol–water partition coefficient (Wildman–Crippen LogP) is 6.06. The molecule has 4 aromatic carbocycles. The van der Waals surface area contributed by atoms with Crippen molar-refractivity contribution in [3.63, 3.8) is 0 Å². The molecular weight excluding hydrogens is 578 g/mol. The Morgan fingerprint density at radius 3 is 1.91 bits per heavy atom. The minimum absolute atomic E-state index is 0.0174. The van der Waals surface area contributed by atoms with Crippen LogP contribution in [0.1, 0.15) is 47.4 Å². The van der Waals surface area contributed by atoms with Gasteiger partial charge in [0.15, 0.2) is 0 Å². The van der Waals surface area contributed by atoms with Gasteiger partial charge in [-0.25, -0.2) is 4.79 Å².